The minimum atomic E-state index is -0.300. The molecular formula is C21H30N4O2. The predicted molar refractivity (Wildman–Crippen MR) is 107 cm³/mol. The van der Waals surface area contributed by atoms with Gasteiger partial charge in [0, 0.05) is 44.0 Å². The molecule has 1 N–H and O–H groups in total. The maximum atomic E-state index is 12.6. The first-order valence-corrected chi connectivity index (χ1v) is 9.75. The molecule has 1 aromatic carbocycles. The van der Waals surface area contributed by atoms with Crippen LogP contribution in [0.2, 0.25) is 0 Å². The van der Waals surface area contributed by atoms with Crippen LogP contribution in [0.25, 0.3) is 0 Å². The van der Waals surface area contributed by atoms with E-state index < -0.39 is 0 Å². The van der Waals surface area contributed by atoms with E-state index in [-0.39, 0.29) is 11.8 Å². The molecule has 1 amide bonds. The zero-order valence-electron chi connectivity index (χ0n) is 16.8. The molecule has 1 aliphatic heterocycles. The minimum absolute atomic E-state index is 0.0483. The van der Waals surface area contributed by atoms with E-state index in [2.05, 4.69) is 39.3 Å². The van der Waals surface area contributed by atoms with E-state index in [1.807, 2.05) is 32.9 Å². The Morgan fingerprint density at radius 2 is 1.78 bits per heavy atom. The minimum Gasteiger partial charge on any atom is -0.361 e. The van der Waals surface area contributed by atoms with E-state index in [1.165, 1.54) is 5.56 Å². The second kappa shape index (κ2) is 8.67. The summed E-state index contributed by atoms with van der Waals surface area (Å²) in [7, 11) is 0. The van der Waals surface area contributed by atoms with Gasteiger partial charge in [0.05, 0.1) is 11.6 Å². The number of piperazine rings is 1. The zero-order chi connectivity index (χ0) is 19.4. The lowest BCUT2D eigenvalue weighted by atomic mass is 9.98. The van der Waals surface area contributed by atoms with E-state index in [9.17, 15) is 4.79 Å². The number of carbonyl (C=O) groups is 1. The van der Waals surface area contributed by atoms with Crippen molar-refractivity contribution in [2.45, 2.75) is 40.2 Å². The van der Waals surface area contributed by atoms with Gasteiger partial charge in [-0.2, -0.15) is 0 Å². The summed E-state index contributed by atoms with van der Waals surface area (Å²) in [5.74, 6) is 0.354. The van der Waals surface area contributed by atoms with Crippen LogP contribution in [0, 0.1) is 13.8 Å². The number of hydrogen-bond acceptors (Lipinski definition) is 5. The van der Waals surface area contributed by atoms with Crippen LogP contribution in [0.15, 0.2) is 28.8 Å². The van der Waals surface area contributed by atoms with Gasteiger partial charge in [-0.1, -0.05) is 24.2 Å². The van der Waals surface area contributed by atoms with Crippen LogP contribution >= 0.6 is 0 Å². The molecule has 2 heterocycles. The highest BCUT2D eigenvalue weighted by molar-refractivity contribution is 5.95. The van der Waals surface area contributed by atoms with Gasteiger partial charge in [-0.05, 0) is 45.0 Å². The summed E-state index contributed by atoms with van der Waals surface area (Å²) >= 11 is 0. The number of benzene rings is 1. The maximum absolute atomic E-state index is 12.6. The first-order valence-electron chi connectivity index (χ1n) is 9.75. The second-order valence-electron chi connectivity index (χ2n) is 7.36. The average Bonchev–Trinajstić information content (AvgIpc) is 3.01. The Kier molecular flexibility index (Phi) is 6.29. The van der Waals surface area contributed by atoms with E-state index in [0.29, 0.717) is 5.76 Å². The second-order valence-corrected chi connectivity index (χ2v) is 7.36. The summed E-state index contributed by atoms with van der Waals surface area (Å²) in [6.07, 6.45) is 0. The summed E-state index contributed by atoms with van der Waals surface area (Å²) in [6.45, 7) is 14.4. The van der Waals surface area contributed by atoms with Gasteiger partial charge < -0.3 is 14.7 Å². The Morgan fingerprint density at radius 3 is 2.33 bits per heavy atom. The molecule has 6 heteroatoms. The van der Waals surface area contributed by atoms with E-state index >= 15 is 0 Å². The van der Waals surface area contributed by atoms with Crippen molar-refractivity contribution in [1.29, 1.82) is 0 Å². The number of anilines is 1. The predicted octanol–water partition coefficient (Wildman–Crippen LogP) is 3.17. The van der Waals surface area contributed by atoms with Crippen LogP contribution in [0.5, 0.6) is 0 Å². The van der Waals surface area contributed by atoms with Crippen molar-refractivity contribution in [2.75, 3.05) is 38.0 Å². The number of likely N-dealkylation sites (N-methyl/N-ethyl adjacent to an activating group) is 1. The quantitative estimate of drug-likeness (QED) is 0.846. The number of hydrogen-bond donors (Lipinski definition) is 1. The van der Waals surface area contributed by atoms with Crippen molar-refractivity contribution >= 4 is 11.6 Å². The molecule has 1 aliphatic rings. The average molecular weight is 370 g/mol. The Bertz CT molecular complexity index is 741. The molecule has 0 radical (unpaired) electrons. The van der Waals surface area contributed by atoms with Crippen molar-refractivity contribution < 1.29 is 9.32 Å². The molecule has 0 saturated carbocycles. The van der Waals surface area contributed by atoms with Crippen molar-refractivity contribution in [3.63, 3.8) is 0 Å². The molecule has 1 unspecified atom stereocenters. The van der Waals surface area contributed by atoms with Gasteiger partial charge in [0.1, 0.15) is 5.76 Å². The smallest absolute Gasteiger partial charge is 0.231 e. The number of carbonyl (C=O) groups excluding carboxylic acids is 1. The summed E-state index contributed by atoms with van der Waals surface area (Å²) < 4.78 is 5.18. The molecule has 0 spiro atoms. The van der Waals surface area contributed by atoms with Crippen LogP contribution in [0.1, 0.15) is 42.3 Å². The number of amides is 1. The monoisotopic (exact) mass is 370 g/mol. The molecular weight excluding hydrogens is 340 g/mol. The van der Waals surface area contributed by atoms with Crippen LogP contribution in [0.3, 0.4) is 0 Å². The number of rotatable bonds is 6. The largest absolute Gasteiger partial charge is 0.361 e. The van der Waals surface area contributed by atoms with Gasteiger partial charge in [-0.25, -0.2) is 0 Å². The van der Waals surface area contributed by atoms with E-state index in [0.717, 1.165) is 56.2 Å². The zero-order valence-corrected chi connectivity index (χ0v) is 16.8. The van der Waals surface area contributed by atoms with Crippen molar-refractivity contribution in [3.05, 3.63) is 46.8 Å². The number of nitrogens with one attached hydrogen (secondary N) is 1. The SMILES string of the molecule is CCN1CCN(Cc2ccc(NC(=O)C(C)c3c(C)noc3C)cc2)CC1. The molecule has 0 aliphatic carbocycles. The molecule has 27 heavy (non-hydrogen) atoms. The lowest BCUT2D eigenvalue weighted by Crippen LogP contribution is -2.45. The Hall–Kier alpha value is -2.18. The Labute approximate surface area is 161 Å². The highest BCUT2D eigenvalue weighted by Crippen LogP contribution is 2.24. The first-order chi connectivity index (χ1) is 13.0. The molecule has 6 nitrogen and oxygen atoms in total. The summed E-state index contributed by atoms with van der Waals surface area (Å²) in [5.41, 5.74) is 3.74. The lowest BCUT2D eigenvalue weighted by Gasteiger charge is -2.34. The topological polar surface area (TPSA) is 61.6 Å². The van der Waals surface area contributed by atoms with Crippen LogP contribution < -0.4 is 5.32 Å². The molecule has 1 fully saturated rings. The lowest BCUT2D eigenvalue weighted by molar-refractivity contribution is -0.117. The number of aromatic nitrogens is 1. The normalized spacial score (nSPS) is 17.0. The molecule has 3 rings (SSSR count). The highest BCUT2D eigenvalue weighted by atomic mass is 16.5. The maximum Gasteiger partial charge on any atom is 0.231 e. The summed E-state index contributed by atoms with van der Waals surface area (Å²) in [5, 5.41) is 6.94. The summed E-state index contributed by atoms with van der Waals surface area (Å²) in [6, 6.07) is 8.16. The van der Waals surface area contributed by atoms with Gasteiger partial charge in [0.15, 0.2) is 0 Å². The van der Waals surface area contributed by atoms with Gasteiger partial charge in [-0.15, -0.1) is 0 Å². The standard InChI is InChI=1S/C21H30N4O2/c1-5-24-10-12-25(13-11-24)14-18-6-8-19(9-7-18)22-21(26)15(2)20-16(3)23-27-17(20)4/h6-9,15H,5,10-14H2,1-4H3,(H,22,26). The van der Waals surface area contributed by atoms with E-state index in [4.69, 9.17) is 4.52 Å². The third kappa shape index (κ3) is 4.76. The first kappa shape index (κ1) is 19.6. The molecule has 1 aromatic heterocycles. The van der Waals surface area contributed by atoms with Crippen LogP contribution in [-0.4, -0.2) is 53.6 Å². The van der Waals surface area contributed by atoms with Crippen molar-refractivity contribution in [1.82, 2.24) is 15.0 Å². The molecule has 1 atom stereocenters. The molecule has 1 saturated heterocycles. The van der Waals surface area contributed by atoms with Gasteiger partial charge >= 0.3 is 0 Å². The fourth-order valence-electron chi connectivity index (χ4n) is 3.71. The number of aryl methyl sites for hydroxylation is 2. The highest BCUT2D eigenvalue weighted by Gasteiger charge is 2.23. The van der Waals surface area contributed by atoms with E-state index in [1.54, 1.807) is 0 Å². The third-order valence-electron chi connectivity index (χ3n) is 5.45. The Morgan fingerprint density at radius 1 is 1.15 bits per heavy atom. The van der Waals surface area contributed by atoms with Gasteiger partial charge in [-0.3, -0.25) is 9.69 Å². The Balaban J connectivity index is 1.55. The third-order valence-corrected chi connectivity index (χ3v) is 5.45. The summed E-state index contributed by atoms with van der Waals surface area (Å²) in [4.78, 5) is 17.5. The van der Waals surface area contributed by atoms with Gasteiger partial charge in [0.25, 0.3) is 0 Å². The molecule has 146 valence electrons. The van der Waals surface area contributed by atoms with Crippen molar-refractivity contribution in [3.8, 4) is 0 Å². The number of nitrogens with zero attached hydrogens (tertiary/aromatic N) is 3. The van der Waals surface area contributed by atoms with Gasteiger partial charge in [0.2, 0.25) is 5.91 Å². The van der Waals surface area contributed by atoms with Crippen LogP contribution in [0.4, 0.5) is 5.69 Å². The molecule has 0 bridgehead atoms. The van der Waals surface area contributed by atoms with Crippen LogP contribution in [-0.2, 0) is 11.3 Å². The fraction of sp³-hybridized carbons (Fsp3) is 0.524. The van der Waals surface area contributed by atoms with Crippen molar-refractivity contribution in [2.24, 2.45) is 0 Å². The molecule has 2 aromatic rings. The fourth-order valence-corrected chi connectivity index (χ4v) is 3.71.